The van der Waals surface area contributed by atoms with E-state index in [4.69, 9.17) is 0 Å². The van der Waals surface area contributed by atoms with Crippen LogP contribution in [-0.2, 0) is 4.79 Å². The molecule has 1 fully saturated rings. The minimum absolute atomic E-state index is 0.209. The number of nitrogens with zero attached hydrogens (tertiary/aromatic N) is 4. The number of aromatic nitrogens is 1. The number of likely N-dealkylation sites (N-methyl/N-ethyl adjacent to an activating group) is 2. The highest BCUT2D eigenvalue weighted by Gasteiger charge is 2.15. The van der Waals surface area contributed by atoms with Gasteiger partial charge in [-0.3, -0.25) is 4.79 Å². The topological polar surface area (TPSA) is 51.7 Å². The fourth-order valence-corrected chi connectivity index (χ4v) is 2.77. The minimum Gasteiger partial charge on any atom is -0.368 e. The van der Waals surface area contributed by atoms with E-state index >= 15 is 0 Å². The number of carbonyl (C=O) groups is 1. The zero-order valence-electron chi connectivity index (χ0n) is 14.4. The van der Waals surface area contributed by atoms with Crippen molar-refractivity contribution in [3.8, 4) is 0 Å². The SMILES string of the molecule is C=C(Nc1ccc(N2CCN(C)CC2)cn1)C(=O)N(C)/C=C(\C)Br. The Labute approximate surface area is 152 Å². The fourth-order valence-electron chi connectivity index (χ4n) is 2.46. The van der Waals surface area contributed by atoms with Crippen LogP contribution in [0.1, 0.15) is 6.92 Å². The highest BCUT2D eigenvalue weighted by Crippen LogP contribution is 2.18. The van der Waals surface area contributed by atoms with Crippen molar-refractivity contribution in [2.75, 3.05) is 50.5 Å². The molecule has 1 saturated heterocycles. The van der Waals surface area contributed by atoms with Gasteiger partial charge in [0, 0.05) is 43.9 Å². The summed E-state index contributed by atoms with van der Waals surface area (Å²) in [4.78, 5) is 22.7. The lowest BCUT2D eigenvalue weighted by molar-refractivity contribution is -0.123. The molecule has 130 valence electrons. The monoisotopic (exact) mass is 393 g/mol. The van der Waals surface area contributed by atoms with Crippen molar-refractivity contribution in [1.82, 2.24) is 14.8 Å². The first-order valence-electron chi connectivity index (χ1n) is 7.83. The summed E-state index contributed by atoms with van der Waals surface area (Å²) in [6.45, 7) is 9.76. The fraction of sp³-hybridized carbons (Fsp3) is 0.412. The van der Waals surface area contributed by atoms with Gasteiger partial charge in [-0.2, -0.15) is 0 Å². The molecule has 1 N–H and O–H groups in total. The molecule has 0 unspecified atom stereocenters. The lowest BCUT2D eigenvalue weighted by Gasteiger charge is -2.33. The largest absolute Gasteiger partial charge is 0.368 e. The molecule has 1 aromatic rings. The first-order chi connectivity index (χ1) is 11.4. The van der Waals surface area contributed by atoms with Crippen LogP contribution < -0.4 is 10.2 Å². The Bertz CT molecular complexity index is 616. The molecule has 2 rings (SSSR count). The predicted octanol–water partition coefficient (Wildman–Crippen LogP) is 2.47. The molecule has 2 heterocycles. The van der Waals surface area contributed by atoms with Crippen molar-refractivity contribution in [3.63, 3.8) is 0 Å². The molecule has 1 amide bonds. The second-order valence-electron chi connectivity index (χ2n) is 5.93. The number of piperazine rings is 1. The molecule has 0 atom stereocenters. The molecule has 1 aliphatic heterocycles. The van der Waals surface area contributed by atoms with Crippen molar-refractivity contribution < 1.29 is 4.79 Å². The number of hydrogen-bond donors (Lipinski definition) is 1. The first kappa shape index (κ1) is 18.5. The summed E-state index contributed by atoms with van der Waals surface area (Å²) in [6.07, 6.45) is 3.52. The summed E-state index contributed by atoms with van der Waals surface area (Å²) < 4.78 is 0.862. The summed E-state index contributed by atoms with van der Waals surface area (Å²) in [7, 11) is 3.82. The predicted molar refractivity (Wildman–Crippen MR) is 102 cm³/mol. The molecule has 1 aliphatic rings. The van der Waals surface area contributed by atoms with E-state index in [0.29, 0.717) is 5.82 Å². The van der Waals surface area contributed by atoms with Gasteiger partial charge in [0.2, 0.25) is 0 Å². The Morgan fingerprint density at radius 2 is 2.04 bits per heavy atom. The quantitative estimate of drug-likeness (QED) is 0.778. The van der Waals surface area contributed by atoms with Crippen LogP contribution in [-0.4, -0.2) is 61.0 Å². The van der Waals surface area contributed by atoms with Crippen molar-refractivity contribution in [2.24, 2.45) is 0 Å². The summed E-state index contributed by atoms with van der Waals surface area (Å²) in [5.41, 5.74) is 1.38. The molecule has 0 aliphatic carbocycles. The Hall–Kier alpha value is -1.86. The third-order valence-corrected chi connectivity index (χ3v) is 4.05. The van der Waals surface area contributed by atoms with Gasteiger partial charge in [-0.25, -0.2) is 4.98 Å². The van der Waals surface area contributed by atoms with E-state index in [-0.39, 0.29) is 11.6 Å². The molecule has 0 radical (unpaired) electrons. The second-order valence-corrected chi connectivity index (χ2v) is 7.18. The maximum atomic E-state index is 12.2. The number of pyridine rings is 1. The molecule has 24 heavy (non-hydrogen) atoms. The maximum Gasteiger partial charge on any atom is 0.273 e. The van der Waals surface area contributed by atoms with Crippen molar-refractivity contribution >= 4 is 33.3 Å². The Balaban J connectivity index is 1.95. The number of allylic oxidation sites excluding steroid dienone is 1. The maximum absolute atomic E-state index is 12.2. The van der Waals surface area contributed by atoms with Crippen LogP contribution >= 0.6 is 15.9 Å². The van der Waals surface area contributed by atoms with Crippen LogP contribution in [0.5, 0.6) is 0 Å². The van der Waals surface area contributed by atoms with E-state index < -0.39 is 0 Å². The van der Waals surface area contributed by atoms with Crippen LogP contribution in [0.15, 0.2) is 41.3 Å². The van der Waals surface area contributed by atoms with Crippen molar-refractivity contribution in [3.05, 3.63) is 41.3 Å². The lowest BCUT2D eigenvalue weighted by atomic mass is 10.3. The number of carbonyl (C=O) groups excluding carboxylic acids is 1. The Kier molecular flexibility index (Phi) is 6.39. The average Bonchev–Trinajstić information content (AvgIpc) is 2.55. The molecular weight excluding hydrogens is 370 g/mol. The molecule has 1 aromatic heterocycles. The normalized spacial score (nSPS) is 16.0. The summed E-state index contributed by atoms with van der Waals surface area (Å²) in [6, 6.07) is 3.89. The van der Waals surface area contributed by atoms with E-state index in [1.54, 1.807) is 13.2 Å². The number of amides is 1. The van der Waals surface area contributed by atoms with Crippen molar-refractivity contribution in [2.45, 2.75) is 6.92 Å². The molecular formula is C17H24BrN5O. The zero-order chi connectivity index (χ0) is 17.7. The van der Waals surface area contributed by atoms with Crippen LogP contribution in [0.4, 0.5) is 11.5 Å². The number of anilines is 2. The van der Waals surface area contributed by atoms with E-state index in [9.17, 15) is 4.79 Å². The Morgan fingerprint density at radius 1 is 1.38 bits per heavy atom. The molecule has 7 heteroatoms. The highest BCUT2D eigenvalue weighted by molar-refractivity contribution is 9.11. The van der Waals surface area contributed by atoms with Gasteiger partial charge >= 0.3 is 0 Å². The van der Waals surface area contributed by atoms with Gasteiger partial charge in [0.1, 0.15) is 5.82 Å². The number of halogens is 1. The van der Waals surface area contributed by atoms with Gasteiger partial charge in [0.25, 0.3) is 5.91 Å². The van der Waals surface area contributed by atoms with E-state index in [2.05, 4.69) is 49.7 Å². The van der Waals surface area contributed by atoms with Crippen molar-refractivity contribution in [1.29, 1.82) is 0 Å². The standard InChI is InChI=1S/C17H24BrN5O/c1-13(18)12-22(4)17(24)14(2)20-16-6-5-15(11-19-16)23-9-7-21(3)8-10-23/h5-6,11-12H,2,7-10H2,1,3-4H3,(H,19,20)/b13-12+. The van der Waals surface area contributed by atoms with E-state index in [1.807, 2.05) is 25.3 Å². The average molecular weight is 394 g/mol. The summed E-state index contributed by atoms with van der Waals surface area (Å²) in [5, 5.41) is 2.96. The van der Waals surface area contributed by atoms with Crippen LogP contribution in [0.3, 0.4) is 0 Å². The third-order valence-electron chi connectivity index (χ3n) is 3.85. The Morgan fingerprint density at radius 3 is 2.58 bits per heavy atom. The lowest BCUT2D eigenvalue weighted by Crippen LogP contribution is -2.44. The summed E-state index contributed by atoms with van der Waals surface area (Å²) in [5.74, 6) is 0.401. The van der Waals surface area contributed by atoms with Gasteiger partial charge in [-0.15, -0.1) is 0 Å². The van der Waals surface area contributed by atoms with Gasteiger partial charge in [0.15, 0.2) is 0 Å². The van der Waals surface area contributed by atoms with E-state index in [0.717, 1.165) is 36.3 Å². The number of rotatable bonds is 5. The number of hydrogen-bond acceptors (Lipinski definition) is 5. The van der Waals surface area contributed by atoms with Crippen LogP contribution in [0.2, 0.25) is 0 Å². The molecule has 0 bridgehead atoms. The summed E-state index contributed by atoms with van der Waals surface area (Å²) >= 11 is 3.31. The third kappa shape index (κ3) is 5.07. The van der Waals surface area contributed by atoms with Crippen LogP contribution in [0.25, 0.3) is 0 Å². The highest BCUT2D eigenvalue weighted by atomic mass is 79.9. The first-order valence-corrected chi connectivity index (χ1v) is 8.62. The number of nitrogens with one attached hydrogen (secondary N) is 1. The van der Waals surface area contributed by atoms with Crippen LogP contribution in [0, 0.1) is 0 Å². The second kappa shape index (κ2) is 8.30. The minimum atomic E-state index is -0.209. The van der Waals surface area contributed by atoms with Gasteiger partial charge < -0.3 is 20.0 Å². The van der Waals surface area contributed by atoms with E-state index in [1.165, 1.54) is 4.90 Å². The molecule has 0 aromatic carbocycles. The molecule has 6 nitrogen and oxygen atoms in total. The molecule has 0 spiro atoms. The van der Waals surface area contributed by atoms with Gasteiger partial charge in [-0.05, 0) is 26.1 Å². The molecule has 0 saturated carbocycles. The zero-order valence-corrected chi connectivity index (χ0v) is 16.0. The van der Waals surface area contributed by atoms with Gasteiger partial charge in [-0.1, -0.05) is 22.5 Å². The smallest absolute Gasteiger partial charge is 0.273 e. The van der Waals surface area contributed by atoms with Gasteiger partial charge in [0.05, 0.1) is 17.6 Å².